The van der Waals surface area contributed by atoms with Gasteiger partial charge in [0.15, 0.2) is 12.4 Å². The van der Waals surface area contributed by atoms with Crippen molar-refractivity contribution >= 4 is 58.5 Å². The molecule has 0 amide bonds. The minimum absolute atomic E-state index is 0.0877. The van der Waals surface area contributed by atoms with Gasteiger partial charge in [-0.25, -0.2) is 9.59 Å². The summed E-state index contributed by atoms with van der Waals surface area (Å²) in [5.41, 5.74) is -0.366. The highest BCUT2D eigenvalue weighted by atomic mass is 35.5. The largest absolute Gasteiger partial charge is 0.481 e. The Bertz CT molecular complexity index is 1090. The van der Waals surface area contributed by atoms with E-state index in [-0.39, 0.29) is 6.79 Å². The lowest BCUT2D eigenvalue weighted by Gasteiger charge is -2.18. The lowest BCUT2D eigenvalue weighted by atomic mass is 9.96. The third-order valence-electron chi connectivity index (χ3n) is 4.45. The van der Waals surface area contributed by atoms with Gasteiger partial charge in [-0.05, 0) is 37.6 Å². The summed E-state index contributed by atoms with van der Waals surface area (Å²) in [4.78, 5) is 42.6. The Hall–Kier alpha value is -3.38. The van der Waals surface area contributed by atoms with Crippen molar-refractivity contribution in [1.29, 1.82) is 0 Å². The number of ether oxygens (including phenoxy) is 2. The van der Waals surface area contributed by atoms with Crippen molar-refractivity contribution in [3.05, 3.63) is 57.6 Å². The fraction of sp³-hybridized carbons (Fsp3) is 0.304. The van der Waals surface area contributed by atoms with Crippen molar-refractivity contribution in [2.24, 2.45) is 0 Å². The van der Waals surface area contributed by atoms with Crippen LogP contribution in [0.3, 0.4) is 0 Å². The molecule has 36 heavy (non-hydrogen) atoms. The monoisotopic (exact) mass is 545 g/mol. The first kappa shape index (κ1) is 30.7. The number of carbonyl (C=O) groups is 4. The maximum Gasteiger partial charge on any atom is 0.342 e. The molecule has 2 rings (SSSR count). The normalized spacial score (nSPS) is 10.6. The van der Waals surface area contributed by atoms with Crippen LogP contribution < -0.4 is 5.32 Å². The maximum absolute atomic E-state index is 12.2. The third kappa shape index (κ3) is 9.34. The SMILES string of the molecule is CCOCOC(=O)c1ccccc1Nc1c(Cl)ccc(C)c1Cl.O=C(O)CC(O)(CC(=O)O)C(=O)O. The van der Waals surface area contributed by atoms with E-state index in [1.165, 1.54) is 0 Å². The van der Waals surface area contributed by atoms with Crippen molar-refractivity contribution in [3.63, 3.8) is 0 Å². The number of carboxylic acids is 3. The molecule has 0 aliphatic heterocycles. The molecule has 11 nitrogen and oxygen atoms in total. The highest BCUT2D eigenvalue weighted by molar-refractivity contribution is 6.39. The van der Waals surface area contributed by atoms with Gasteiger partial charge in [0.2, 0.25) is 0 Å². The number of halogens is 2. The summed E-state index contributed by atoms with van der Waals surface area (Å²) < 4.78 is 10.1. The van der Waals surface area contributed by atoms with E-state index in [1.54, 1.807) is 30.3 Å². The molecule has 0 aromatic heterocycles. The fourth-order valence-corrected chi connectivity index (χ4v) is 3.11. The molecule has 0 fully saturated rings. The first-order valence-electron chi connectivity index (χ1n) is 10.3. The summed E-state index contributed by atoms with van der Waals surface area (Å²) in [6.45, 7) is 4.09. The van der Waals surface area contributed by atoms with Gasteiger partial charge in [-0.15, -0.1) is 0 Å². The van der Waals surface area contributed by atoms with Gasteiger partial charge in [0.1, 0.15) is 0 Å². The van der Waals surface area contributed by atoms with E-state index >= 15 is 0 Å². The predicted octanol–water partition coefficient (Wildman–Crippen LogP) is 3.95. The van der Waals surface area contributed by atoms with E-state index in [9.17, 15) is 19.2 Å². The molecule has 0 saturated carbocycles. The number of aryl methyl sites for hydroxylation is 1. The van der Waals surface area contributed by atoms with Gasteiger partial charge in [-0.3, -0.25) is 9.59 Å². The number of nitrogens with one attached hydrogen (secondary N) is 1. The van der Waals surface area contributed by atoms with Gasteiger partial charge in [0.25, 0.3) is 0 Å². The van der Waals surface area contributed by atoms with E-state index in [0.717, 1.165) is 5.56 Å². The number of para-hydroxylation sites is 1. The average Bonchev–Trinajstić information content (AvgIpc) is 2.79. The molecule has 5 N–H and O–H groups in total. The summed E-state index contributed by atoms with van der Waals surface area (Å²) in [6, 6.07) is 10.6. The minimum atomic E-state index is -2.74. The highest BCUT2D eigenvalue weighted by Gasteiger charge is 2.40. The molecule has 0 spiro atoms. The zero-order valence-corrected chi connectivity index (χ0v) is 20.8. The Morgan fingerprint density at radius 3 is 2.08 bits per heavy atom. The maximum atomic E-state index is 12.2. The van der Waals surface area contributed by atoms with Crippen molar-refractivity contribution < 1.29 is 49.1 Å². The number of rotatable bonds is 11. The number of esters is 1. The van der Waals surface area contributed by atoms with Gasteiger partial charge >= 0.3 is 23.9 Å². The van der Waals surface area contributed by atoms with E-state index in [4.69, 9.17) is 53.1 Å². The van der Waals surface area contributed by atoms with Crippen LogP contribution in [0.25, 0.3) is 0 Å². The summed E-state index contributed by atoms with van der Waals surface area (Å²) in [5.74, 6) is -5.50. The van der Waals surface area contributed by atoms with Crippen LogP contribution in [0.4, 0.5) is 11.4 Å². The second kappa shape index (κ2) is 14.2. The topological polar surface area (TPSA) is 180 Å². The number of hydrogen-bond donors (Lipinski definition) is 5. The molecule has 0 radical (unpaired) electrons. The summed E-state index contributed by atoms with van der Waals surface area (Å²) >= 11 is 12.5. The van der Waals surface area contributed by atoms with Crippen LogP contribution >= 0.6 is 23.2 Å². The van der Waals surface area contributed by atoms with Gasteiger partial charge in [-0.1, -0.05) is 41.4 Å². The minimum Gasteiger partial charge on any atom is -0.481 e. The molecule has 0 unspecified atom stereocenters. The van der Waals surface area contributed by atoms with Crippen LogP contribution in [-0.2, 0) is 23.9 Å². The van der Waals surface area contributed by atoms with E-state index in [0.29, 0.717) is 33.6 Å². The standard InChI is InChI=1S/C17H17Cl2NO3.C6H8O7/c1-3-22-10-23-17(21)12-6-4-5-7-14(12)20-16-13(18)9-8-11(2)15(16)19;7-3(8)1-6(13,5(11)12)2-4(9)10/h4-9,20H,3,10H2,1-2H3;13H,1-2H2,(H,7,8)(H,9,10)(H,11,12). The van der Waals surface area contributed by atoms with Crippen LogP contribution in [0, 0.1) is 6.92 Å². The second-order valence-corrected chi connectivity index (χ2v) is 8.03. The molecular weight excluding hydrogens is 521 g/mol. The molecule has 0 bridgehead atoms. The smallest absolute Gasteiger partial charge is 0.342 e. The van der Waals surface area contributed by atoms with Crippen molar-refractivity contribution in [2.45, 2.75) is 32.3 Å². The summed E-state index contributed by atoms with van der Waals surface area (Å²) in [5, 5.41) is 37.9. The zero-order chi connectivity index (χ0) is 27.5. The zero-order valence-electron chi connectivity index (χ0n) is 19.3. The number of aliphatic carboxylic acids is 3. The lowest BCUT2D eigenvalue weighted by Crippen LogP contribution is -2.42. The summed E-state index contributed by atoms with van der Waals surface area (Å²) in [6.07, 6.45) is -2.29. The van der Waals surface area contributed by atoms with E-state index in [1.807, 2.05) is 19.9 Å². The van der Waals surface area contributed by atoms with Gasteiger partial charge in [0.05, 0.1) is 39.8 Å². The molecule has 2 aromatic rings. The Morgan fingerprint density at radius 1 is 0.972 bits per heavy atom. The molecule has 0 aliphatic rings. The molecule has 0 aliphatic carbocycles. The molecular formula is C23H25Cl2NO10. The highest BCUT2D eigenvalue weighted by Crippen LogP contribution is 2.36. The molecule has 196 valence electrons. The van der Waals surface area contributed by atoms with Crippen molar-refractivity contribution in [1.82, 2.24) is 0 Å². The molecule has 2 aromatic carbocycles. The fourth-order valence-electron chi connectivity index (χ4n) is 2.65. The molecule has 0 atom stereocenters. The van der Waals surface area contributed by atoms with E-state index < -0.39 is 42.3 Å². The number of anilines is 2. The average molecular weight is 546 g/mol. The van der Waals surface area contributed by atoms with E-state index in [2.05, 4.69) is 5.32 Å². The van der Waals surface area contributed by atoms with Crippen LogP contribution in [0.1, 0.15) is 35.7 Å². The van der Waals surface area contributed by atoms with Gasteiger partial charge < -0.3 is 35.2 Å². The van der Waals surface area contributed by atoms with Crippen LogP contribution in [-0.4, -0.2) is 63.3 Å². The second-order valence-electron chi connectivity index (χ2n) is 7.24. The quantitative estimate of drug-likeness (QED) is 0.156. The van der Waals surface area contributed by atoms with Crippen molar-refractivity contribution in [2.75, 3.05) is 18.7 Å². The molecule has 0 heterocycles. The first-order valence-corrected chi connectivity index (χ1v) is 11.0. The number of carbonyl (C=O) groups excluding carboxylic acids is 1. The Kier molecular flexibility index (Phi) is 12.1. The molecule has 13 heteroatoms. The van der Waals surface area contributed by atoms with Crippen LogP contribution in [0.5, 0.6) is 0 Å². The Morgan fingerprint density at radius 2 is 1.56 bits per heavy atom. The Balaban J connectivity index is 0.000000426. The van der Waals surface area contributed by atoms with Gasteiger partial charge in [-0.2, -0.15) is 0 Å². The van der Waals surface area contributed by atoms with Crippen molar-refractivity contribution in [3.8, 4) is 0 Å². The van der Waals surface area contributed by atoms with Crippen LogP contribution in [0.2, 0.25) is 10.0 Å². The molecule has 0 saturated heterocycles. The van der Waals surface area contributed by atoms with Gasteiger partial charge in [0, 0.05) is 6.61 Å². The number of carboxylic acid groups (broad SMARTS) is 3. The predicted molar refractivity (Wildman–Crippen MR) is 130 cm³/mol. The lowest BCUT2D eigenvalue weighted by molar-refractivity contribution is -0.170. The summed E-state index contributed by atoms with van der Waals surface area (Å²) in [7, 11) is 0. The number of aliphatic hydroxyl groups is 1. The number of hydrogen-bond acceptors (Lipinski definition) is 8. The number of benzene rings is 2. The van der Waals surface area contributed by atoms with Crippen LogP contribution in [0.15, 0.2) is 36.4 Å². The Labute approximate surface area is 216 Å². The third-order valence-corrected chi connectivity index (χ3v) is 5.26. The first-order chi connectivity index (χ1) is 16.8.